The second-order valence-corrected chi connectivity index (χ2v) is 7.01. The van der Waals surface area contributed by atoms with Crippen molar-refractivity contribution in [1.82, 2.24) is 15.2 Å². The molecule has 2 heterocycles. The van der Waals surface area contributed by atoms with E-state index in [2.05, 4.69) is 34.4 Å². The number of rotatable bonds is 6. The number of piperidine rings is 1. The van der Waals surface area contributed by atoms with Crippen LogP contribution < -0.4 is 10.6 Å². The van der Waals surface area contributed by atoms with Crippen LogP contribution >= 0.6 is 0 Å². The summed E-state index contributed by atoms with van der Waals surface area (Å²) < 4.78 is 0. The van der Waals surface area contributed by atoms with E-state index in [1.807, 2.05) is 26.0 Å². The Bertz CT molecular complexity index is 515. The molecular formula is C18H30N4O. The first-order valence-electron chi connectivity index (χ1n) is 8.71. The van der Waals surface area contributed by atoms with E-state index >= 15 is 0 Å². The zero-order chi connectivity index (χ0) is 16.8. The van der Waals surface area contributed by atoms with Gasteiger partial charge in [0.25, 0.3) is 5.91 Å². The number of aromatic nitrogens is 1. The summed E-state index contributed by atoms with van der Waals surface area (Å²) >= 11 is 0. The predicted molar refractivity (Wildman–Crippen MR) is 94.8 cm³/mol. The van der Waals surface area contributed by atoms with Crippen LogP contribution in [0.15, 0.2) is 18.3 Å². The average molecular weight is 318 g/mol. The van der Waals surface area contributed by atoms with Gasteiger partial charge in [-0.25, -0.2) is 4.98 Å². The third-order valence-corrected chi connectivity index (χ3v) is 4.31. The number of amides is 1. The van der Waals surface area contributed by atoms with E-state index in [0.717, 1.165) is 13.1 Å². The highest BCUT2D eigenvalue weighted by Crippen LogP contribution is 2.18. The summed E-state index contributed by atoms with van der Waals surface area (Å²) in [5.41, 5.74) is 0.623. The van der Waals surface area contributed by atoms with E-state index in [4.69, 9.17) is 0 Å². The number of anilines is 1. The molecular weight excluding hydrogens is 288 g/mol. The lowest BCUT2D eigenvalue weighted by Crippen LogP contribution is -2.43. The van der Waals surface area contributed by atoms with E-state index < -0.39 is 0 Å². The summed E-state index contributed by atoms with van der Waals surface area (Å²) in [6.07, 6.45) is 4.11. The third-order valence-electron chi connectivity index (χ3n) is 4.31. The number of nitrogens with zero attached hydrogens (tertiary/aromatic N) is 2. The summed E-state index contributed by atoms with van der Waals surface area (Å²) in [5.74, 6) is 1.16. The van der Waals surface area contributed by atoms with Gasteiger partial charge in [-0.3, -0.25) is 4.79 Å². The Kier molecular flexibility index (Phi) is 6.39. The van der Waals surface area contributed by atoms with Crippen LogP contribution in [0.25, 0.3) is 0 Å². The van der Waals surface area contributed by atoms with E-state index in [1.165, 1.54) is 19.4 Å². The van der Waals surface area contributed by atoms with Gasteiger partial charge in [0.1, 0.15) is 5.82 Å². The van der Waals surface area contributed by atoms with E-state index in [0.29, 0.717) is 23.3 Å². The maximum atomic E-state index is 12.5. The molecule has 1 atom stereocenters. The van der Waals surface area contributed by atoms with Gasteiger partial charge < -0.3 is 15.5 Å². The molecule has 2 rings (SSSR count). The fourth-order valence-corrected chi connectivity index (χ4v) is 3.04. The molecule has 1 aliphatic rings. The standard InChI is InChI=1S/C18H30N4O/c1-13(2)21-17-16(8-5-9-19-17)18(23)20-11-15-7-6-10-22(12-15)14(3)4/h5,8-9,13-15H,6-7,10-12H2,1-4H3,(H,19,21)(H,20,23). The molecule has 0 bridgehead atoms. The Morgan fingerprint density at radius 1 is 1.39 bits per heavy atom. The molecule has 0 aromatic carbocycles. The van der Waals surface area contributed by atoms with Crippen LogP contribution in [0.2, 0.25) is 0 Å². The molecule has 1 aromatic rings. The summed E-state index contributed by atoms with van der Waals surface area (Å²) in [5, 5.41) is 6.33. The average Bonchev–Trinajstić information content (AvgIpc) is 2.53. The van der Waals surface area contributed by atoms with Crippen molar-refractivity contribution in [2.75, 3.05) is 25.0 Å². The first-order chi connectivity index (χ1) is 11.0. The lowest BCUT2D eigenvalue weighted by Gasteiger charge is -2.35. The van der Waals surface area contributed by atoms with Gasteiger partial charge in [0.15, 0.2) is 0 Å². The molecule has 1 aliphatic heterocycles. The summed E-state index contributed by atoms with van der Waals surface area (Å²) in [4.78, 5) is 19.3. The fraction of sp³-hybridized carbons (Fsp3) is 0.667. The van der Waals surface area contributed by atoms with Gasteiger partial charge in [0.2, 0.25) is 0 Å². The van der Waals surface area contributed by atoms with Crippen LogP contribution in [0.4, 0.5) is 5.82 Å². The molecule has 2 N–H and O–H groups in total. The number of hydrogen-bond acceptors (Lipinski definition) is 4. The van der Waals surface area contributed by atoms with Crippen LogP contribution in [0.1, 0.15) is 50.9 Å². The van der Waals surface area contributed by atoms with Crippen molar-refractivity contribution < 1.29 is 4.79 Å². The quantitative estimate of drug-likeness (QED) is 0.847. The van der Waals surface area contributed by atoms with Gasteiger partial charge in [-0.15, -0.1) is 0 Å². The molecule has 0 spiro atoms. The minimum Gasteiger partial charge on any atom is -0.367 e. The van der Waals surface area contributed by atoms with Crippen molar-refractivity contribution >= 4 is 11.7 Å². The van der Waals surface area contributed by atoms with Crippen LogP contribution in [-0.4, -0.2) is 47.5 Å². The van der Waals surface area contributed by atoms with Crippen LogP contribution in [0.3, 0.4) is 0 Å². The fourth-order valence-electron chi connectivity index (χ4n) is 3.04. The number of likely N-dealkylation sites (tertiary alicyclic amines) is 1. The smallest absolute Gasteiger partial charge is 0.255 e. The zero-order valence-corrected chi connectivity index (χ0v) is 14.8. The molecule has 1 amide bonds. The van der Waals surface area contributed by atoms with E-state index in [9.17, 15) is 4.79 Å². The highest BCUT2D eigenvalue weighted by molar-refractivity contribution is 5.98. The molecule has 1 aromatic heterocycles. The van der Waals surface area contributed by atoms with Gasteiger partial charge in [-0.2, -0.15) is 0 Å². The zero-order valence-electron chi connectivity index (χ0n) is 14.8. The number of nitrogens with one attached hydrogen (secondary N) is 2. The summed E-state index contributed by atoms with van der Waals surface area (Å²) in [6.45, 7) is 11.5. The molecule has 23 heavy (non-hydrogen) atoms. The number of carbonyl (C=O) groups excluding carboxylic acids is 1. The van der Waals surface area contributed by atoms with E-state index in [-0.39, 0.29) is 11.9 Å². The first-order valence-corrected chi connectivity index (χ1v) is 8.71. The van der Waals surface area contributed by atoms with Crippen LogP contribution in [0, 0.1) is 5.92 Å². The second-order valence-electron chi connectivity index (χ2n) is 7.01. The van der Waals surface area contributed by atoms with Crippen molar-refractivity contribution in [2.45, 2.75) is 52.6 Å². The maximum Gasteiger partial charge on any atom is 0.255 e. The molecule has 1 saturated heterocycles. The number of carbonyl (C=O) groups is 1. The van der Waals surface area contributed by atoms with Crippen molar-refractivity contribution in [3.63, 3.8) is 0 Å². The third kappa shape index (κ3) is 5.20. The van der Waals surface area contributed by atoms with Crippen molar-refractivity contribution in [2.24, 2.45) is 5.92 Å². The number of pyridine rings is 1. The SMILES string of the molecule is CC(C)Nc1ncccc1C(=O)NCC1CCCN(C(C)C)C1. The van der Waals surface area contributed by atoms with Gasteiger partial charge >= 0.3 is 0 Å². The van der Waals surface area contributed by atoms with Gasteiger partial charge in [0.05, 0.1) is 5.56 Å². The monoisotopic (exact) mass is 318 g/mol. The molecule has 5 nitrogen and oxygen atoms in total. The minimum atomic E-state index is -0.0390. The topological polar surface area (TPSA) is 57.3 Å². The minimum absolute atomic E-state index is 0.0390. The Labute approximate surface area is 139 Å². The molecule has 5 heteroatoms. The first kappa shape index (κ1) is 17.7. The van der Waals surface area contributed by atoms with E-state index in [1.54, 1.807) is 6.20 Å². The lowest BCUT2D eigenvalue weighted by molar-refractivity contribution is 0.0923. The maximum absolute atomic E-state index is 12.5. The van der Waals surface area contributed by atoms with Gasteiger partial charge in [0, 0.05) is 31.4 Å². The molecule has 0 radical (unpaired) electrons. The Morgan fingerprint density at radius 3 is 2.87 bits per heavy atom. The van der Waals surface area contributed by atoms with Crippen molar-refractivity contribution in [3.8, 4) is 0 Å². The predicted octanol–water partition coefficient (Wildman–Crippen LogP) is 2.75. The largest absolute Gasteiger partial charge is 0.367 e. The second kappa shape index (κ2) is 8.29. The Balaban J connectivity index is 1.92. The highest BCUT2D eigenvalue weighted by Gasteiger charge is 2.22. The molecule has 1 unspecified atom stereocenters. The normalized spacial score (nSPS) is 19.1. The van der Waals surface area contributed by atoms with Gasteiger partial charge in [-0.05, 0) is 65.1 Å². The molecule has 0 saturated carbocycles. The Hall–Kier alpha value is -1.62. The summed E-state index contributed by atoms with van der Waals surface area (Å²) in [6, 6.07) is 4.46. The van der Waals surface area contributed by atoms with Crippen LogP contribution in [-0.2, 0) is 0 Å². The molecule has 128 valence electrons. The summed E-state index contributed by atoms with van der Waals surface area (Å²) in [7, 11) is 0. The lowest BCUT2D eigenvalue weighted by atomic mass is 9.97. The van der Waals surface area contributed by atoms with Crippen LogP contribution in [0.5, 0.6) is 0 Å². The van der Waals surface area contributed by atoms with Gasteiger partial charge in [-0.1, -0.05) is 0 Å². The molecule has 0 aliphatic carbocycles. The van der Waals surface area contributed by atoms with Crippen molar-refractivity contribution in [1.29, 1.82) is 0 Å². The van der Waals surface area contributed by atoms with Crippen molar-refractivity contribution in [3.05, 3.63) is 23.9 Å². The Morgan fingerprint density at radius 2 is 2.17 bits per heavy atom. The highest BCUT2D eigenvalue weighted by atomic mass is 16.1. The molecule has 1 fully saturated rings. The number of hydrogen-bond donors (Lipinski definition) is 2.